The van der Waals surface area contributed by atoms with Crippen LogP contribution in [-0.2, 0) is 0 Å². The lowest BCUT2D eigenvalue weighted by Gasteiger charge is -2.32. The molecule has 0 radical (unpaired) electrons. The Labute approximate surface area is 112 Å². The van der Waals surface area contributed by atoms with Crippen LogP contribution < -0.4 is 14.8 Å². The summed E-state index contributed by atoms with van der Waals surface area (Å²) in [5, 5.41) is 3.24. The van der Waals surface area contributed by atoms with E-state index in [4.69, 9.17) is 9.47 Å². The van der Waals surface area contributed by atoms with E-state index in [2.05, 4.69) is 5.32 Å². The Bertz CT molecular complexity index is 490. The van der Waals surface area contributed by atoms with Gasteiger partial charge in [-0.2, -0.15) is 0 Å². The number of fused-ring (bicyclic) bond motifs is 1. The SMILES string of the molecule is CNC1CCCN(C(=O)c2cccc3c2OCO3)C1. The molecule has 1 amide bonds. The second-order valence-corrected chi connectivity index (χ2v) is 4.92. The van der Waals surface area contributed by atoms with Crippen molar-refractivity contribution in [3.63, 3.8) is 0 Å². The minimum absolute atomic E-state index is 0.0299. The quantitative estimate of drug-likeness (QED) is 0.871. The van der Waals surface area contributed by atoms with E-state index in [-0.39, 0.29) is 12.7 Å². The number of benzene rings is 1. The molecular formula is C14H18N2O3. The third kappa shape index (κ3) is 2.26. The molecule has 1 unspecified atom stereocenters. The number of nitrogens with zero attached hydrogens (tertiary/aromatic N) is 1. The Kier molecular flexibility index (Phi) is 3.29. The highest BCUT2D eigenvalue weighted by atomic mass is 16.7. The topological polar surface area (TPSA) is 50.8 Å². The third-order valence-corrected chi connectivity index (χ3v) is 3.74. The van der Waals surface area contributed by atoms with Crippen LogP contribution in [0.1, 0.15) is 23.2 Å². The van der Waals surface area contributed by atoms with Crippen molar-refractivity contribution in [3.05, 3.63) is 23.8 Å². The first kappa shape index (κ1) is 12.3. The molecule has 0 bridgehead atoms. The van der Waals surface area contributed by atoms with Crippen LogP contribution in [0.5, 0.6) is 11.5 Å². The van der Waals surface area contributed by atoms with Crippen LogP contribution in [-0.4, -0.2) is 43.8 Å². The maximum absolute atomic E-state index is 12.6. The Morgan fingerprint density at radius 2 is 2.32 bits per heavy atom. The normalized spacial score (nSPS) is 21.5. The summed E-state index contributed by atoms with van der Waals surface area (Å²) in [5.41, 5.74) is 0.603. The number of likely N-dealkylation sites (tertiary alicyclic amines) is 1. The lowest BCUT2D eigenvalue weighted by atomic mass is 10.0. The molecule has 0 spiro atoms. The van der Waals surface area contributed by atoms with Crippen molar-refractivity contribution < 1.29 is 14.3 Å². The van der Waals surface area contributed by atoms with Crippen LogP contribution in [0.4, 0.5) is 0 Å². The van der Waals surface area contributed by atoms with Gasteiger partial charge in [0.05, 0.1) is 5.56 Å². The molecule has 0 saturated carbocycles. The number of ether oxygens (including phenoxy) is 2. The predicted octanol–water partition coefficient (Wildman–Crippen LogP) is 1.24. The zero-order valence-corrected chi connectivity index (χ0v) is 11.0. The van der Waals surface area contributed by atoms with Crippen LogP contribution in [0.2, 0.25) is 0 Å². The first-order valence-corrected chi connectivity index (χ1v) is 6.64. The first-order valence-electron chi connectivity index (χ1n) is 6.64. The Hall–Kier alpha value is -1.75. The highest BCUT2D eigenvalue weighted by Crippen LogP contribution is 2.36. The molecule has 1 fully saturated rings. The van der Waals surface area contributed by atoms with Crippen molar-refractivity contribution in [1.29, 1.82) is 0 Å². The minimum Gasteiger partial charge on any atom is -0.454 e. The monoisotopic (exact) mass is 262 g/mol. The smallest absolute Gasteiger partial charge is 0.257 e. The zero-order chi connectivity index (χ0) is 13.2. The molecule has 19 heavy (non-hydrogen) atoms. The van der Waals surface area contributed by atoms with Gasteiger partial charge in [0.2, 0.25) is 6.79 Å². The fourth-order valence-electron chi connectivity index (χ4n) is 2.67. The summed E-state index contributed by atoms with van der Waals surface area (Å²) in [5.74, 6) is 1.27. The molecule has 5 nitrogen and oxygen atoms in total. The van der Waals surface area contributed by atoms with E-state index in [9.17, 15) is 4.79 Å². The van der Waals surface area contributed by atoms with Gasteiger partial charge in [0.25, 0.3) is 5.91 Å². The van der Waals surface area contributed by atoms with E-state index < -0.39 is 0 Å². The van der Waals surface area contributed by atoms with Gasteiger partial charge < -0.3 is 19.7 Å². The van der Waals surface area contributed by atoms with Crippen LogP contribution >= 0.6 is 0 Å². The largest absolute Gasteiger partial charge is 0.454 e. The molecular weight excluding hydrogens is 244 g/mol. The summed E-state index contributed by atoms with van der Waals surface area (Å²) in [6.45, 7) is 1.75. The van der Waals surface area contributed by atoms with Gasteiger partial charge in [0, 0.05) is 19.1 Å². The van der Waals surface area contributed by atoms with E-state index in [1.807, 2.05) is 24.1 Å². The van der Waals surface area contributed by atoms with Crippen LogP contribution in [0.25, 0.3) is 0 Å². The molecule has 1 N–H and O–H groups in total. The Balaban J connectivity index is 1.82. The number of rotatable bonds is 2. The van der Waals surface area contributed by atoms with Gasteiger partial charge in [0.1, 0.15) is 0 Å². The summed E-state index contributed by atoms with van der Waals surface area (Å²) >= 11 is 0. The molecule has 1 aromatic rings. The predicted molar refractivity (Wildman–Crippen MR) is 70.6 cm³/mol. The van der Waals surface area contributed by atoms with Crippen molar-refractivity contribution in [3.8, 4) is 11.5 Å². The Morgan fingerprint density at radius 1 is 1.42 bits per heavy atom. The fourth-order valence-corrected chi connectivity index (χ4v) is 2.67. The average molecular weight is 262 g/mol. The third-order valence-electron chi connectivity index (χ3n) is 3.74. The summed E-state index contributed by atoms with van der Waals surface area (Å²) in [6, 6.07) is 5.84. The molecule has 102 valence electrons. The van der Waals surface area contributed by atoms with Crippen molar-refractivity contribution >= 4 is 5.91 Å². The van der Waals surface area contributed by atoms with E-state index in [1.54, 1.807) is 6.07 Å². The van der Waals surface area contributed by atoms with Gasteiger partial charge in [-0.1, -0.05) is 6.07 Å². The van der Waals surface area contributed by atoms with Gasteiger partial charge in [-0.15, -0.1) is 0 Å². The van der Waals surface area contributed by atoms with Gasteiger partial charge in [-0.3, -0.25) is 4.79 Å². The number of carbonyl (C=O) groups excluding carboxylic acids is 1. The van der Waals surface area contributed by atoms with Crippen LogP contribution in [0.3, 0.4) is 0 Å². The molecule has 1 saturated heterocycles. The number of hydrogen-bond donors (Lipinski definition) is 1. The summed E-state index contributed by atoms with van der Waals surface area (Å²) in [4.78, 5) is 14.5. The molecule has 0 aliphatic carbocycles. The van der Waals surface area contributed by atoms with Gasteiger partial charge in [0.15, 0.2) is 11.5 Å². The lowest BCUT2D eigenvalue weighted by Crippen LogP contribution is -2.47. The summed E-state index contributed by atoms with van der Waals surface area (Å²) in [6.07, 6.45) is 2.15. The lowest BCUT2D eigenvalue weighted by molar-refractivity contribution is 0.0693. The molecule has 2 aliphatic heterocycles. The molecule has 2 heterocycles. The van der Waals surface area contributed by atoms with Crippen LogP contribution in [0, 0.1) is 0 Å². The number of hydrogen-bond acceptors (Lipinski definition) is 4. The van der Waals surface area contributed by atoms with Crippen molar-refractivity contribution in [2.45, 2.75) is 18.9 Å². The van der Waals surface area contributed by atoms with E-state index in [0.717, 1.165) is 25.9 Å². The van der Waals surface area contributed by atoms with E-state index in [1.165, 1.54) is 0 Å². The van der Waals surface area contributed by atoms with Gasteiger partial charge in [-0.05, 0) is 32.0 Å². The van der Waals surface area contributed by atoms with Crippen molar-refractivity contribution in [2.24, 2.45) is 0 Å². The molecule has 0 aromatic heterocycles. The van der Waals surface area contributed by atoms with Crippen molar-refractivity contribution in [2.75, 3.05) is 26.9 Å². The molecule has 3 rings (SSSR count). The second-order valence-electron chi connectivity index (χ2n) is 4.92. The van der Waals surface area contributed by atoms with Crippen LogP contribution in [0.15, 0.2) is 18.2 Å². The van der Waals surface area contributed by atoms with Gasteiger partial charge >= 0.3 is 0 Å². The molecule has 5 heteroatoms. The molecule has 1 aromatic carbocycles. The first-order chi connectivity index (χ1) is 9.29. The molecule has 1 atom stereocenters. The van der Waals surface area contributed by atoms with E-state index in [0.29, 0.717) is 23.1 Å². The number of para-hydroxylation sites is 1. The highest BCUT2D eigenvalue weighted by molar-refractivity contribution is 5.98. The number of likely N-dealkylation sites (N-methyl/N-ethyl adjacent to an activating group) is 1. The van der Waals surface area contributed by atoms with E-state index >= 15 is 0 Å². The number of piperidine rings is 1. The maximum atomic E-state index is 12.6. The zero-order valence-electron chi connectivity index (χ0n) is 11.0. The van der Waals surface area contributed by atoms with Gasteiger partial charge in [-0.25, -0.2) is 0 Å². The maximum Gasteiger partial charge on any atom is 0.257 e. The summed E-state index contributed by atoms with van der Waals surface area (Å²) in [7, 11) is 1.94. The fraction of sp³-hybridized carbons (Fsp3) is 0.500. The second kappa shape index (κ2) is 5.09. The highest BCUT2D eigenvalue weighted by Gasteiger charge is 2.28. The number of carbonyl (C=O) groups is 1. The van der Waals surface area contributed by atoms with Crippen molar-refractivity contribution in [1.82, 2.24) is 10.2 Å². The minimum atomic E-state index is 0.0299. The summed E-state index contributed by atoms with van der Waals surface area (Å²) < 4.78 is 10.7. The number of amides is 1. The molecule has 2 aliphatic rings. The number of nitrogens with one attached hydrogen (secondary N) is 1. The average Bonchev–Trinajstić information content (AvgIpc) is 2.95. The Morgan fingerprint density at radius 3 is 3.16 bits per heavy atom. The standard InChI is InChI=1S/C14H18N2O3/c1-15-10-4-3-7-16(8-10)14(17)11-5-2-6-12-13(11)19-9-18-12/h2,5-6,10,15H,3-4,7-9H2,1H3.